The molecule has 9 rings (SSSR count). The Hall–Kier alpha value is -5.45. The van der Waals surface area contributed by atoms with Crippen LogP contribution in [0.25, 0.3) is 16.5 Å². The van der Waals surface area contributed by atoms with Crippen molar-refractivity contribution >= 4 is 61.1 Å². The number of nitrogens with one attached hydrogen (secondary N) is 3. The second-order valence-electron chi connectivity index (χ2n) is 17.3. The molecule has 5 aromatic rings. The first-order valence-corrected chi connectivity index (χ1v) is 24.2. The lowest BCUT2D eigenvalue weighted by Gasteiger charge is -2.39. The van der Waals surface area contributed by atoms with Crippen LogP contribution in [0.4, 0.5) is 17.1 Å². The summed E-state index contributed by atoms with van der Waals surface area (Å²) in [6.45, 7) is 8.18. The predicted octanol–water partition coefficient (Wildman–Crippen LogP) is 8.70. The van der Waals surface area contributed by atoms with Gasteiger partial charge < -0.3 is 29.6 Å². The van der Waals surface area contributed by atoms with E-state index >= 15 is 0 Å². The van der Waals surface area contributed by atoms with Crippen LogP contribution in [0.2, 0.25) is 5.02 Å². The zero-order valence-corrected chi connectivity index (χ0v) is 37.3. The Kier molecular flexibility index (Phi) is 13.2. The molecule has 4 aliphatic rings. The minimum absolute atomic E-state index is 0.00380. The van der Waals surface area contributed by atoms with Crippen molar-refractivity contribution in [3.63, 3.8) is 0 Å². The lowest BCUT2D eigenvalue weighted by molar-refractivity contribution is -0.384. The SMILES string of the molecule is O=C(NS(=O)(=O)c1ccc(NCC2CCOCC2)c([N+](=O)[O-])c1)c1ccc(N2CCN(CC3=C(c4ccc(Cl)cc4)CCC(N4CCCC4)C3)CC2)cc1Oc1ccc2[nH]ccc2c1. The van der Waals surface area contributed by atoms with Gasteiger partial charge in [0.05, 0.1) is 15.4 Å². The molecule has 3 saturated heterocycles. The number of fused-ring (bicyclic) bond motifs is 1. The maximum absolute atomic E-state index is 14.0. The number of hydrogen-bond acceptors (Lipinski definition) is 11. The number of sulfonamides is 1. The summed E-state index contributed by atoms with van der Waals surface area (Å²) in [5.41, 5.74) is 5.75. The summed E-state index contributed by atoms with van der Waals surface area (Å²) in [7, 11) is -4.54. The Morgan fingerprint density at radius 1 is 0.906 bits per heavy atom. The molecule has 1 atom stereocenters. The molecule has 1 unspecified atom stereocenters. The highest BCUT2D eigenvalue weighted by atomic mass is 35.5. The summed E-state index contributed by atoms with van der Waals surface area (Å²) >= 11 is 6.29. The predicted molar refractivity (Wildman–Crippen MR) is 250 cm³/mol. The molecule has 0 spiro atoms. The maximum atomic E-state index is 14.0. The fraction of sp³-hybridized carbons (Fsp3) is 0.396. The van der Waals surface area contributed by atoms with E-state index in [1.165, 1.54) is 61.2 Å². The summed E-state index contributed by atoms with van der Waals surface area (Å²) in [5, 5.41) is 16.9. The number of nitrogens with zero attached hydrogens (tertiary/aromatic N) is 4. The number of carbonyl (C=O) groups is 1. The van der Waals surface area contributed by atoms with E-state index in [-0.39, 0.29) is 22.9 Å². The van der Waals surface area contributed by atoms with Crippen LogP contribution in [-0.2, 0) is 14.8 Å². The van der Waals surface area contributed by atoms with Gasteiger partial charge in [0, 0.05) is 98.5 Å². The fourth-order valence-corrected chi connectivity index (χ4v) is 10.7. The molecule has 1 aromatic heterocycles. The standard InChI is InChI=1S/C48H54ClN7O7S/c49-37-5-3-34(4-6-37)42-11-7-38(54-19-1-2-20-54)27-36(42)32-53-21-23-55(24-22-53)39-8-12-43(47(29-39)63-40-9-13-44-35(28-40)15-18-50-44)48(57)52-64(60,61)41-10-14-45(46(30-41)56(58)59)51-31-33-16-25-62-26-17-33/h3-6,8-10,12-15,18,28-30,33,38,50-51H,1-2,7,11,16-17,19-27,31-32H2,(H,52,57). The third kappa shape index (κ3) is 10.1. The van der Waals surface area contributed by atoms with E-state index in [9.17, 15) is 23.3 Å². The van der Waals surface area contributed by atoms with Crippen LogP contribution in [0.1, 0.15) is 60.9 Å². The van der Waals surface area contributed by atoms with E-state index in [0.717, 1.165) is 86.1 Å². The fourth-order valence-electron chi connectivity index (χ4n) is 9.63. The first kappa shape index (κ1) is 43.8. The van der Waals surface area contributed by atoms with Crippen LogP contribution in [0, 0.1) is 16.0 Å². The van der Waals surface area contributed by atoms with Crippen molar-refractivity contribution in [2.45, 2.75) is 55.9 Å². The number of carbonyl (C=O) groups excluding carboxylic acids is 1. The first-order chi connectivity index (χ1) is 31.1. The van der Waals surface area contributed by atoms with Crippen LogP contribution >= 0.6 is 11.6 Å². The Morgan fingerprint density at radius 2 is 1.69 bits per heavy atom. The van der Waals surface area contributed by atoms with Crippen LogP contribution in [0.5, 0.6) is 11.5 Å². The summed E-state index contributed by atoms with van der Waals surface area (Å²) < 4.78 is 41.4. The van der Waals surface area contributed by atoms with Crippen LogP contribution in [0.3, 0.4) is 0 Å². The van der Waals surface area contributed by atoms with Gasteiger partial charge in [-0.25, -0.2) is 13.1 Å². The van der Waals surface area contributed by atoms with E-state index in [0.29, 0.717) is 31.5 Å². The molecular weight excluding hydrogens is 854 g/mol. The molecule has 4 aromatic carbocycles. The number of rotatable bonds is 14. The van der Waals surface area contributed by atoms with Crippen molar-refractivity contribution < 1.29 is 27.6 Å². The summed E-state index contributed by atoms with van der Waals surface area (Å²) in [5.74, 6) is -0.00731. The molecule has 64 heavy (non-hydrogen) atoms. The Labute approximate surface area is 378 Å². The number of benzene rings is 4. The highest BCUT2D eigenvalue weighted by Gasteiger charge is 2.31. The van der Waals surface area contributed by atoms with Gasteiger partial charge in [0.15, 0.2) is 0 Å². The minimum Gasteiger partial charge on any atom is -0.456 e. The van der Waals surface area contributed by atoms with Crippen molar-refractivity contribution in [3.05, 3.63) is 123 Å². The smallest absolute Gasteiger partial charge is 0.293 e. The zero-order valence-electron chi connectivity index (χ0n) is 35.8. The number of aromatic nitrogens is 1. The number of ether oxygens (including phenoxy) is 2. The van der Waals surface area contributed by atoms with Crippen LogP contribution in [0.15, 0.2) is 102 Å². The van der Waals surface area contributed by atoms with Gasteiger partial charge in [0.25, 0.3) is 21.6 Å². The Balaban J connectivity index is 0.925. The average molecular weight is 909 g/mol. The number of H-pyrrole nitrogens is 1. The van der Waals surface area contributed by atoms with E-state index in [1.54, 1.807) is 18.2 Å². The second kappa shape index (κ2) is 19.3. The molecule has 3 aliphatic heterocycles. The number of nitro groups is 1. The van der Waals surface area contributed by atoms with Crippen molar-refractivity contribution in [3.8, 4) is 11.5 Å². The van der Waals surface area contributed by atoms with Gasteiger partial charge >= 0.3 is 0 Å². The largest absolute Gasteiger partial charge is 0.456 e. The summed E-state index contributed by atoms with van der Waals surface area (Å²) in [4.78, 5) is 35.7. The zero-order chi connectivity index (χ0) is 44.2. The lowest BCUT2D eigenvalue weighted by Crippen LogP contribution is -2.47. The van der Waals surface area contributed by atoms with E-state index in [1.807, 2.05) is 42.6 Å². The van der Waals surface area contributed by atoms with E-state index in [2.05, 4.69) is 41.9 Å². The molecule has 336 valence electrons. The number of halogens is 1. The lowest BCUT2D eigenvalue weighted by atomic mass is 9.83. The third-order valence-corrected chi connectivity index (χ3v) is 14.8. The first-order valence-electron chi connectivity index (χ1n) is 22.3. The molecule has 1 amide bonds. The van der Waals surface area contributed by atoms with Gasteiger partial charge in [-0.1, -0.05) is 29.3 Å². The topological polar surface area (TPSA) is 162 Å². The number of aromatic amines is 1. The van der Waals surface area contributed by atoms with Crippen molar-refractivity contribution in [1.29, 1.82) is 0 Å². The highest BCUT2D eigenvalue weighted by molar-refractivity contribution is 7.90. The van der Waals surface area contributed by atoms with Crippen molar-refractivity contribution in [1.82, 2.24) is 19.5 Å². The number of anilines is 2. The molecule has 1 aliphatic carbocycles. The molecule has 4 heterocycles. The molecule has 0 saturated carbocycles. The number of piperazine rings is 1. The molecule has 3 fully saturated rings. The minimum atomic E-state index is -4.54. The number of hydrogen-bond donors (Lipinski definition) is 3. The van der Waals surface area contributed by atoms with Gasteiger partial charge in [-0.2, -0.15) is 0 Å². The normalized spacial score (nSPS) is 19.3. The van der Waals surface area contributed by atoms with Crippen molar-refractivity contribution in [2.24, 2.45) is 5.92 Å². The highest BCUT2D eigenvalue weighted by Crippen LogP contribution is 2.38. The van der Waals surface area contributed by atoms with Crippen LogP contribution < -0.4 is 19.7 Å². The molecular formula is C48H54ClN7O7S. The number of nitro benzene ring substituents is 1. The second-order valence-corrected chi connectivity index (χ2v) is 19.4. The van der Waals surface area contributed by atoms with E-state index < -0.39 is 31.4 Å². The van der Waals surface area contributed by atoms with E-state index in [4.69, 9.17) is 21.1 Å². The van der Waals surface area contributed by atoms with Gasteiger partial charge in [-0.05, 0) is 136 Å². The number of allylic oxidation sites excluding steroid dienone is 1. The average Bonchev–Trinajstić information content (AvgIpc) is 4.03. The van der Waals surface area contributed by atoms with Crippen molar-refractivity contribution in [2.75, 3.05) is 75.8 Å². The van der Waals surface area contributed by atoms with Gasteiger partial charge in [0.1, 0.15) is 17.2 Å². The molecule has 16 heteroatoms. The van der Waals surface area contributed by atoms with Crippen LogP contribution in [-0.4, -0.2) is 106 Å². The summed E-state index contributed by atoms with van der Waals surface area (Å²) in [6.07, 6.45) is 9.33. The molecule has 0 bridgehead atoms. The van der Waals surface area contributed by atoms with Gasteiger partial charge in [-0.3, -0.25) is 19.8 Å². The van der Waals surface area contributed by atoms with Gasteiger partial charge in [0.2, 0.25) is 0 Å². The monoisotopic (exact) mass is 907 g/mol. The maximum Gasteiger partial charge on any atom is 0.293 e. The number of likely N-dealkylation sites (tertiary alicyclic amines) is 1. The molecule has 14 nitrogen and oxygen atoms in total. The Morgan fingerprint density at radius 3 is 2.45 bits per heavy atom. The molecule has 0 radical (unpaired) electrons. The summed E-state index contributed by atoms with van der Waals surface area (Å²) in [6, 6.07) is 25.0. The quantitative estimate of drug-likeness (QED) is 0.0722. The molecule has 3 N–H and O–H groups in total. The Bertz CT molecular complexity index is 2630. The number of amides is 1. The van der Waals surface area contributed by atoms with Gasteiger partial charge in [-0.15, -0.1) is 0 Å². The third-order valence-electron chi connectivity index (χ3n) is 13.2.